The molecule has 1 N–H and O–H groups in total. The monoisotopic (exact) mass is 358 g/mol. The van der Waals surface area contributed by atoms with Crippen LogP contribution < -0.4 is 10.2 Å². The van der Waals surface area contributed by atoms with Gasteiger partial charge in [0.2, 0.25) is 11.8 Å². The molecular weight excluding hydrogens is 340 g/mol. The van der Waals surface area contributed by atoms with Gasteiger partial charge in [0.15, 0.2) is 0 Å². The van der Waals surface area contributed by atoms with E-state index in [-0.39, 0.29) is 25.0 Å². The minimum Gasteiger partial charge on any atom is -0.367 e. The van der Waals surface area contributed by atoms with Crippen molar-refractivity contribution in [3.05, 3.63) is 59.1 Å². The number of nitrogens with one attached hydrogen (secondary N) is 1. The Labute approximate surface area is 151 Å². The van der Waals surface area contributed by atoms with Gasteiger partial charge in [-0.2, -0.15) is 0 Å². The van der Waals surface area contributed by atoms with Gasteiger partial charge in [-0.25, -0.2) is 0 Å². The van der Waals surface area contributed by atoms with Crippen LogP contribution in [-0.2, 0) is 20.9 Å². The highest BCUT2D eigenvalue weighted by Crippen LogP contribution is 2.23. The number of benzene rings is 2. The number of amides is 2. The molecule has 3 rings (SSSR count). The molecule has 2 aromatic rings. The van der Waals surface area contributed by atoms with Crippen LogP contribution in [0.1, 0.15) is 18.4 Å². The molecule has 2 amide bonds. The number of hydrogen-bond acceptors (Lipinski definition) is 3. The largest absolute Gasteiger partial charge is 0.367 e. The summed E-state index contributed by atoms with van der Waals surface area (Å²) < 4.78 is 5.40. The van der Waals surface area contributed by atoms with Gasteiger partial charge in [0, 0.05) is 29.4 Å². The number of rotatable bonds is 6. The summed E-state index contributed by atoms with van der Waals surface area (Å²) in [7, 11) is 0. The van der Waals surface area contributed by atoms with Crippen molar-refractivity contribution >= 4 is 34.8 Å². The van der Waals surface area contributed by atoms with Gasteiger partial charge in [-0.3, -0.25) is 9.59 Å². The topological polar surface area (TPSA) is 58.6 Å². The SMILES string of the molecule is O=C(COCc1ccccc1Cl)Nc1ccc(N2CCCC2=O)cc1. The van der Waals surface area contributed by atoms with Gasteiger partial charge < -0.3 is 15.0 Å². The van der Waals surface area contributed by atoms with Crippen molar-refractivity contribution in [2.75, 3.05) is 23.4 Å². The first kappa shape index (κ1) is 17.5. The number of nitrogens with zero attached hydrogens (tertiary/aromatic N) is 1. The third-order valence-corrected chi connectivity index (χ3v) is 4.35. The van der Waals surface area contributed by atoms with E-state index in [1.807, 2.05) is 30.3 Å². The lowest BCUT2D eigenvalue weighted by Crippen LogP contribution is -2.23. The first-order valence-corrected chi connectivity index (χ1v) is 8.53. The van der Waals surface area contributed by atoms with Crippen molar-refractivity contribution in [1.29, 1.82) is 0 Å². The highest BCUT2D eigenvalue weighted by molar-refractivity contribution is 6.31. The Hall–Kier alpha value is -2.37. The van der Waals surface area contributed by atoms with Gasteiger partial charge >= 0.3 is 0 Å². The van der Waals surface area contributed by atoms with E-state index in [1.165, 1.54) is 0 Å². The molecule has 5 nitrogen and oxygen atoms in total. The van der Waals surface area contributed by atoms with Gasteiger partial charge in [0.1, 0.15) is 6.61 Å². The van der Waals surface area contributed by atoms with Crippen LogP contribution >= 0.6 is 11.6 Å². The lowest BCUT2D eigenvalue weighted by atomic mass is 10.2. The fraction of sp³-hybridized carbons (Fsp3) is 0.263. The van der Waals surface area contributed by atoms with E-state index in [2.05, 4.69) is 5.32 Å². The quantitative estimate of drug-likeness (QED) is 0.858. The Balaban J connectivity index is 1.48. The Morgan fingerprint density at radius 2 is 1.92 bits per heavy atom. The molecule has 1 fully saturated rings. The average Bonchev–Trinajstić information content (AvgIpc) is 3.03. The summed E-state index contributed by atoms with van der Waals surface area (Å²) in [5.41, 5.74) is 2.37. The molecule has 0 atom stereocenters. The number of halogens is 1. The zero-order valence-corrected chi connectivity index (χ0v) is 14.5. The van der Waals surface area contributed by atoms with E-state index >= 15 is 0 Å². The smallest absolute Gasteiger partial charge is 0.250 e. The van der Waals surface area contributed by atoms with Crippen LogP contribution in [0.2, 0.25) is 5.02 Å². The van der Waals surface area contributed by atoms with E-state index in [0.29, 0.717) is 17.1 Å². The van der Waals surface area contributed by atoms with Crippen molar-refractivity contribution in [3.8, 4) is 0 Å². The Bertz CT molecular complexity index is 762. The summed E-state index contributed by atoms with van der Waals surface area (Å²) in [6.45, 7) is 0.973. The zero-order chi connectivity index (χ0) is 17.6. The molecule has 0 bridgehead atoms. The summed E-state index contributed by atoms with van der Waals surface area (Å²) in [6, 6.07) is 14.6. The minimum atomic E-state index is -0.239. The van der Waals surface area contributed by atoms with Gasteiger partial charge in [-0.05, 0) is 42.3 Å². The molecular formula is C19H19ClN2O3. The summed E-state index contributed by atoms with van der Waals surface area (Å²) in [5.74, 6) is -0.0955. The van der Waals surface area contributed by atoms with Crippen LogP contribution in [0.4, 0.5) is 11.4 Å². The molecule has 1 saturated heterocycles. The molecule has 6 heteroatoms. The number of carbonyl (C=O) groups excluding carboxylic acids is 2. The van der Waals surface area contributed by atoms with Crippen LogP contribution in [-0.4, -0.2) is 25.0 Å². The predicted molar refractivity (Wildman–Crippen MR) is 97.8 cm³/mol. The highest BCUT2D eigenvalue weighted by Gasteiger charge is 2.21. The molecule has 130 valence electrons. The van der Waals surface area contributed by atoms with Gasteiger partial charge in [-0.1, -0.05) is 29.8 Å². The lowest BCUT2D eigenvalue weighted by molar-refractivity contribution is -0.121. The fourth-order valence-electron chi connectivity index (χ4n) is 2.71. The van der Waals surface area contributed by atoms with Crippen molar-refractivity contribution < 1.29 is 14.3 Å². The molecule has 0 spiro atoms. The molecule has 0 radical (unpaired) electrons. The average molecular weight is 359 g/mol. The lowest BCUT2D eigenvalue weighted by Gasteiger charge is -2.16. The van der Waals surface area contributed by atoms with E-state index in [1.54, 1.807) is 23.1 Å². The summed E-state index contributed by atoms with van der Waals surface area (Å²) in [5, 5.41) is 3.39. The third kappa shape index (κ3) is 4.59. The number of ether oxygens (including phenoxy) is 1. The maximum absolute atomic E-state index is 11.9. The maximum Gasteiger partial charge on any atom is 0.250 e. The van der Waals surface area contributed by atoms with E-state index in [0.717, 1.165) is 24.2 Å². The van der Waals surface area contributed by atoms with Crippen LogP contribution in [0, 0.1) is 0 Å². The molecule has 1 aliphatic heterocycles. The van der Waals surface area contributed by atoms with Gasteiger partial charge in [0.05, 0.1) is 6.61 Å². The molecule has 0 unspecified atom stereocenters. The Morgan fingerprint density at radius 3 is 2.60 bits per heavy atom. The second-order valence-electron chi connectivity index (χ2n) is 5.83. The van der Waals surface area contributed by atoms with Crippen LogP contribution in [0.5, 0.6) is 0 Å². The van der Waals surface area contributed by atoms with Crippen molar-refractivity contribution in [3.63, 3.8) is 0 Å². The van der Waals surface area contributed by atoms with Crippen molar-refractivity contribution in [2.24, 2.45) is 0 Å². The summed E-state index contributed by atoms with van der Waals surface area (Å²) in [4.78, 5) is 25.4. The zero-order valence-electron chi connectivity index (χ0n) is 13.7. The second-order valence-corrected chi connectivity index (χ2v) is 6.24. The molecule has 1 aliphatic rings. The van der Waals surface area contributed by atoms with E-state index < -0.39 is 0 Å². The standard InChI is InChI=1S/C19H19ClN2O3/c20-17-5-2-1-4-14(17)12-25-13-18(23)21-15-7-9-16(10-8-15)22-11-3-6-19(22)24/h1-2,4-5,7-10H,3,6,11-13H2,(H,21,23). The highest BCUT2D eigenvalue weighted by atomic mass is 35.5. The van der Waals surface area contributed by atoms with Crippen LogP contribution in [0.3, 0.4) is 0 Å². The fourth-order valence-corrected chi connectivity index (χ4v) is 2.90. The molecule has 0 aliphatic carbocycles. The van der Waals surface area contributed by atoms with E-state index in [9.17, 15) is 9.59 Å². The number of carbonyl (C=O) groups is 2. The molecule has 25 heavy (non-hydrogen) atoms. The first-order chi connectivity index (χ1) is 12.1. The Morgan fingerprint density at radius 1 is 1.16 bits per heavy atom. The van der Waals surface area contributed by atoms with E-state index in [4.69, 9.17) is 16.3 Å². The normalized spacial score (nSPS) is 14.0. The Kier molecular flexibility index (Phi) is 5.68. The van der Waals surface area contributed by atoms with Gasteiger partial charge in [-0.15, -0.1) is 0 Å². The van der Waals surface area contributed by atoms with Crippen LogP contribution in [0.15, 0.2) is 48.5 Å². The number of hydrogen-bond donors (Lipinski definition) is 1. The first-order valence-electron chi connectivity index (χ1n) is 8.15. The van der Waals surface area contributed by atoms with Crippen LogP contribution in [0.25, 0.3) is 0 Å². The molecule has 0 saturated carbocycles. The predicted octanol–water partition coefficient (Wildman–Crippen LogP) is 3.62. The van der Waals surface area contributed by atoms with Crippen molar-refractivity contribution in [1.82, 2.24) is 0 Å². The van der Waals surface area contributed by atoms with Crippen molar-refractivity contribution in [2.45, 2.75) is 19.4 Å². The van der Waals surface area contributed by atoms with Gasteiger partial charge in [0.25, 0.3) is 0 Å². The second kappa shape index (κ2) is 8.14. The molecule has 0 aromatic heterocycles. The number of anilines is 2. The third-order valence-electron chi connectivity index (χ3n) is 3.98. The minimum absolute atomic E-state index is 0.0580. The summed E-state index contributed by atoms with van der Waals surface area (Å²) in [6.07, 6.45) is 1.49. The molecule has 1 heterocycles. The maximum atomic E-state index is 11.9. The summed E-state index contributed by atoms with van der Waals surface area (Å²) >= 11 is 6.04. The molecule has 2 aromatic carbocycles.